The molecule has 0 fully saturated rings. The van der Waals surface area contributed by atoms with Gasteiger partial charge in [0.05, 0.1) is 11.1 Å². The van der Waals surface area contributed by atoms with Crippen LogP contribution in [-0.4, -0.2) is 25.7 Å². The fourth-order valence-electron chi connectivity index (χ4n) is 3.71. The van der Waals surface area contributed by atoms with E-state index in [4.69, 9.17) is 4.42 Å². The first kappa shape index (κ1) is 22.0. The lowest BCUT2D eigenvalue weighted by molar-refractivity contribution is 0.0997. The Labute approximate surface area is 200 Å². The zero-order chi connectivity index (χ0) is 24.4. The minimum absolute atomic E-state index is 0.0725. The second kappa shape index (κ2) is 9.22. The summed E-state index contributed by atoms with van der Waals surface area (Å²) in [6.07, 6.45) is 1.67. The Morgan fingerprint density at radius 2 is 1.80 bits per heavy atom. The molecule has 0 atom stereocenters. The Morgan fingerprint density at radius 3 is 2.60 bits per heavy atom. The van der Waals surface area contributed by atoms with Crippen LogP contribution < -0.4 is 16.1 Å². The third kappa shape index (κ3) is 4.51. The van der Waals surface area contributed by atoms with Gasteiger partial charge < -0.3 is 19.6 Å². The van der Waals surface area contributed by atoms with Crippen LogP contribution in [0, 0.1) is 0 Å². The van der Waals surface area contributed by atoms with Crippen LogP contribution in [0.15, 0.2) is 88.3 Å². The van der Waals surface area contributed by atoms with Gasteiger partial charge >= 0.3 is 0 Å². The van der Waals surface area contributed by atoms with Gasteiger partial charge in [-0.25, -0.2) is 4.98 Å². The molecule has 0 aliphatic rings. The van der Waals surface area contributed by atoms with Crippen molar-refractivity contribution in [3.63, 3.8) is 0 Å². The third-order valence-corrected chi connectivity index (χ3v) is 5.38. The van der Waals surface area contributed by atoms with Crippen LogP contribution in [-0.2, 0) is 0 Å². The molecule has 0 bridgehead atoms. The highest BCUT2D eigenvalue weighted by atomic mass is 16.3. The minimum atomic E-state index is -0.503. The number of rotatable bonds is 6. The maximum absolute atomic E-state index is 13.0. The summed E-state index contributed by atoms with van der Waals surface area (Å²) < 4.78 is 7.72. The van der Waals surface area contributed by atoms with Crippen molar-refractivity contribution in [3.05, 3.63) is 95.1 Å². The monoisotopic (exact) mass is 466 g/mol. The number of nitrogens with one attached hydrogen (secondary N) is 2. The van der Waals surface area contributed by atoms with Crippen molar-refractivity contribution < 1.29 is 9.21 Å². The van der Waals surface area contributed by atoms with Crippen LogP contribution in [0.2, 0.25) is 0 Å². The van der Waals surface area contributed by atoms with Crippen LogP contribution in [0.1, 0.15) is 30.4 Å². The molecular weight excluding hydrogens is 444 g/mol. The highest BCUT2D eigenvalue weighted by Gasteiger charge is 2.16. The molecule has 2 aromatic carbocycles. The molecule has 0 spiro atoms. The Morgan fingerprint density at radius 1 is 1.00 bits per heavy atom. The number of pyridine rings is 1. The normalized spacial score (nSPS) is 11.1. The van der Waals surface area contributed by atoms with E-state index in [2.05, 4.69) is 25.8 Å². The summed E-state index contributed by atoms with van der Waals surface area (Å²) in [7, 11) is 0. The molecule has 0 aliphatic carbocycles. The molecular formula is C26H22N6O3. The third-order valence-electron chi connectivity index (χ3n) is 5.38. The number of aromatic nitrogens is 4. The van der Waals surface area contributed by atoms with Gasteiger partial charge in [-0.15, -0.1) is 10.2 Å². The average Bonchev–Trinajstić information content (AvgIpc) is 3.35. The number of hydrogen-bond donors (Lipinski definition) is 2. The molecule has 0 saturated carbocycles. The molecule has 5 aromatic rings. The summed E-state index contributed by atoms with van der Waals surface area (Å²) in [5.74, 6) is 0.600. The van der Waals surface area contributed by atoms with E-state index < -0.39 is 5.91 Å². The average molecular weight is 467 g/mol. The largest absolute Gasteiger partial charge is 0.451 e. The molecule has 1 amide bonds. The zero-order valence-electron chi connectivity index (χ0n) is 19.1. The highest BCUT2D eigenvalue weighted by molar-refractivity contribution is 6.03. The van der Waals surface area contributed by atoms with Crippen LogP contribution in [0.25, 0.3) is 22.5 Å². The number of amides is 1. The van der Waals surface area contributed by atoms with Gasteiger partial charge in [-0.1, -0.05) is 30.3 Å². The van der Waals surface area contributed by atoms with Gasteiger partial charge in [0.15, 0.2) is 17.0 Å². The molecule has 0 aliphatic heterocycles. The summed E-state index contributed by atoms with van der Waals surface area (Å²) in [5.41, 5.74) is 1.71. The smallest absolute Gasteiger partial charge is 0.291 e. The number of nitrogens with zero attached hydrogens (tertiary/aromatic N) is 4. The zero-order valence-corrected chi connectivity index (χ0v) is 19.1. The summed E-state index contributed by atoms with van der Waals surface area (Å²) >= 11 is 0. The van der Waals surface area contributed by atoms with Crippen LogP contribution in [0.3, 0.4) is 0 Å². The fourth-order valence-corrected chi connectivity index (χ4v) is 3.71. The van der Waals surface area contributed by atoms with Crippen molar-refractivity contribution in [2.45, 2.75) is 19.9 Å². The van der Waals surface area contributed by atoms with Gasteiger partial charge in [0, 0.05) is 17.8 Å². The van der Waals surface area contributed by atoms with Gasteiger partial charge in [-0.2, -0.15) is 0 Å². The van der Waals surface area contributed by atoms with Gasteiger partial charge in [0.2, 0.25) is 0 Å². The predicted molar refractivity (Wildman–Crippen MR) is 134 cm³/mol. The predicted octanol–water partition coefficient (Wildman–Crippen LogP) is 5.02. The first-order chi connectivity index (χ1) is 17.0. The molecule has 174 valence electrons. The fraction of sp³-hybridized carbons (Fsp3) is 0.115. The molecule has 9 heteroatoms. The van der Waals surface area contributed by atoms with Crippen molar-refractivity contribution in [2.24, 2.45) is 0 Å². The van der Waals surface area contributed by atoms with E-state index in [9.17, 15) is 9.59 Å². The second-order valence-electron chi connectivity index (χ2n) is 8.16. The Bertz CT molecular complexity index is 1570. The van der Waals surface area contributed by atoms with Crippen molar-refractivity contribution >= 4 is 34.1 Å². The van der Waals surface area contributed by atoms with Gasteiger partial charge in [0.25, 0.3) is 5.91 Å². The van der Waals surface area contributed by atoms with Crippen LogP contribution in [0.4, 0.5) is 17.2 Å². The number of benzene rings is 2. The number of carbonyl (C=O) groups excluding carboxylic acids is 1. The lowest BCUT2D eigenvalue weighted by atomic mass is 10.1. The molecule has 3 aromatic heterocycles. The van der Waals surface area contributed by atoms with E-state index in [1.807, 2.05) is 36.6 Å². The van der Waals surface area contributed by atoms with Crippen LogP contribution in [0.5, 0.6) is 0 Å². The lowest BCUT2D eigenvalue weighted by Gasteiger charge is -2.12. The highest BCUT2D eigenvalue weighted by Crippen LogP contribution is 2.26. The summed E-state index contributed by atoms with van der Waals surface area (Å²) in [6.45, 7) is 4.08. The molecule has 3 heterocycles. The first-order valence-corrected chi connectivity index (χ1v) is 11.1. The molecule has 5 rings (SSSR count). The maximum atomic E-state index is 13.0. The second-order valence-corrected chi connectivity index (χ2v) is 8.16. The summed E-state index contributed by atoms with van der Waals surface area (Å²) in [4.78, 5) is 30.3. The molecule has 0 saturated heterocycles. The van der Waals surface area contributed by atoms with E-state index in [1.54, 1.807) is 54.9 Å². The van der Waals surface area contributed by atoms with Gasteiger partial charge in [0.1, 0.15) is 23.4 Å². The first-order valence-electron chi connectivity index (χ1n) is 11.1. The van der Waals surface area contributed by atoms with Gasteiger partial charge in [-0.3, -0.25) is 9.59 Å². The standard InChI is InChI=1S/C26H22N6O3/c1-16(2)32-15-27-31-25(32)19-11-7-13-23(30-19)29-18-10-6-12-21-24(18)20(33)14-22(35-21)26(34)28-17-8-4-3-5-9-17/h3-16H,1-2H3,(H,28,34)(H,29,30). The number of fused-ring (bicyclic) bond motifs is 1. The number of carbonyl (C=O) groups is 1. The summed E-state index contributed by atoms with van der Waals surface area (Å²) in [5, 5.41) is 14.4. The molecule has 2 N–H and O–H groups in total. The van der Waals surface area contributed by atoms with Crippen molar-refractivity contribution in [3.8, 4) is 11.5 Å². The van der Waals surface area contributed by atoms with E-state index in [1.165, 1.54) is 6.07 Å². The Balaban J connectivity index is 1.46. The van der Waals surface area contributed by atoms with E-state index >= 15 is 0 Å². The quantitative estimate of drug-likeness (QED) is 0.361. The maximum Gasteiger partial charge on any atom is 0.291 e. The van der Waals surface area contributed by atoms with E-state index in [0.29, 0.717) is 34.1 Å². The van der Waals surface area contributed by atoms with E-state index in [-0.39, 0.29) is 22.8 Å². The number of para-hydroxylation sites is 1. The van der Waals surface area contributed by atoms with Crippen LogP contribution >= 0.6 is 0 Å². The lowest BCUT2D eigenvalue weighted by Crippen LogP contribution is -2.15. The topological polar surface area (TPSA) is 115 Å². The minimum Gasteiger partial charge on any atom is -0.451 e. The SMILES string of the molecule is CC(C)n1cnnc1-c1cccc(Nc2cccc3oc(C(=O)Nc4ccccc4)cc(=O)c23)n1. The molecule has 0 unspecified atom stereocenters. The molecule has 35 heavy (non-hydrogen) atoms. The van der Waals surface area contributed by atoms with Crippen molar-refractivity contribution in [1.82, 2.24) is 19.7 Å². The van der Waals surface area contributed by atoms with Crippen molar-refractivity contribution in [2.75, 3.05) is 10.6 Å². The van der Waals surface area contributed by atoms with Crippen molar-refractivity contribution in [1.29, 1.82) is 0 Å². The number of anilines is 3. The summed E-state index contributed by atoms with van der Waals surface area (Å²) in [6, 6.07) is 21.0. The number of hydrogen-bond acceptors (Lipinski definition) is 7. The molecule has 0 radical (unpaired) electrons. The Hall–Kier alpha value is -4.79. The Kier molecular flexibility index (Phi) is 5.80. The molecule has 9 nitrogen and oxygen atoms in total. The van der Waals surface area contributed by atoms with Gasteiger partial charge in [-0.05, 0) is 50.2 Å². The van der Waals surface area contributed by atoms with E-state index in [0.717, 1.165) is 0 Å².